The van der Waals surface area contributed by atoms with Gasteiger partial charge in [0.05, 0.1) is 7.11 Å². The summed E-state index contributed by atoms with van der Waals surface area (Å²) < 4.78 is 10.4. The van der Waals surface area contributed by atoms with Gasteiger partial charge >= 0.3 is 6.09 Å². The minimum atomic E-state index is -0.672. The van der Waals surface area contributed by atoms with Gasteiger partial charge in [-0.15, -0.1) is 0 Å². The second-order valence-corrected chi connectivity index (χ2v) is 4.91. The zero-order valence-corrected chi connectivity index (χ0v) is 12.4. The molecule has 0 atom stereocenters. The van der Waals surface area contributed by atoms with E-state index in [1.807, 2.05) is 12.1 Å². The summed E-state index contributed by atoms with van der Waals surface area (Å²) in [5.74, 6) is 0.660. The highest BCUT2D eigenvalue weighted by atomic mass is 16.6. The van der Waals surface area contributed by atoms with Crippen molar-refractivity contribution in [1.82, 2.24) is 0 Å². The van der Waals surface area contributed by atoms with Crippen LogP contribution in [-0.2, 0) is 0 Å². The third-order valence-electron chi connectivity index (χ3n) is 3.35. The van der Waals surface area contributed by atoms with Gasteiger partial charge in [-0.05, 0) is 47.2 Å². The predicted molar refractivity (Wildman–Crippen MR) is 88.3 cm³/mol. The zero-order chi connectivity index (χ0) is 16.2. The SMILES string of the molecule is COc1ccc2cc(O)c(OC(=O)Nc3ccccc3)cc2c1. The first-order valence-corrected chi connectivity index (χ1v) is 7.00. The minimum Gasteiger partial charge on any atom is -0.504 e. The van der Waals surface area contributed by atoms with Crippen molar-refractivity contribution in [3.63, 3.8) is 0 Å². The van der Waals surface area contributed by atoms with Crippen LogP contribution in [-0.4, -0.2) is 18.3 Å². The largest absolute Gasteiger partial charge is 0.504 e. The number of aromatic hydroxyl groups is 1. The fourth-order valence-corrected chi connectivity index (χ4v) is 2.22. The molecule has 0 spiro atoms. The molecule has 0 heterocycles. The zero-order valence-electron chi connectivity index (χ0n) is 12.4. The van der Waals surface area contributed by atoms with Crippen molar-refractivity contribution in [2.45, 2.75) is 0 Å². The molecule has 0 aliphatic carbocycles. The number of amides is 1. The van der Waals surface area contributed by atoms with Crippen molar-refractivity contribution in [2.75, 3.05) is 12.4 Å². The van der Waals surface area contributed by atoms with Crippen LogP contribution in [0.4, 0.5) is 10.5 Å². The Bertz CT molecular complexity index is 846. The van der Waals surface area contributed by atoms with E-state index >= 15 is 0 Å². The summed E-state index contributed by atoms with van der Waals surface area (Å²) in [6, 6.07) is 17.5. The monoisotopic (exact) mass is 309 g/mol. The molecule has 3 aromatic rings. The topological polar surface area (TPSA) is 67.8 Å². The molecule has 23 heavy (non-hydrogen) atoms. The summed E-state index contributed by atoms with van der Waals surface area (Å²) >= 11 is 0. The minimum absolute atomic E-state index is 0.0826. The summed E-state index contributed by atoms with van der Waals surface area (Å²) in [5.41, 5.74) is 0.611. The van der Waals surface area contributed by atoms with Crippen LogP contribution in [0.3, 0.4) is 0 Å². The molecule has 1 amide bonds. The van der Waals surface area contributed by atoms with Gasteiger partial charge in [0.25, 0.3) is 0 Å². The lowest BCUT2D eigenvalue weighted by Crippen LogP contribution is -2.16. The van der Waals surface area contributed by atoms with E-state index in [4.69, 9.17) is 9.47 Å². The van der Waals surface area contributed by atoms with Crippen molar-refractivity contribution < 1.29 is 19.4 Å². The number of rotatable bonds is 3. The average Bonchev–Trinajstić information content (AvgIpc) is 2.56. The van der Waals surface area contributed by atoms with E-state index in [-0.39, 0.29) is 11.5 Å². The number of hydrogen-bond acceptors (Lipinski definition) is 4. The van der Waals surface area contributed by atoms with Crippen LogP contribution < -0.4 is 14.8 Å². The van der Waals surface area contributed by atoms with Crippen LogP contribution in [0.15, 0.2) is 60.7 Å². The van der Waals surface area contributed by atoms with Gasteiger partial charge in [0.1, 0.15) is 5.75 Å². The fourth-order valence-electron chi connectivity index (χ4n) is 2.22. The average molecular weight is 309 g/mol. The predicted octanol–water partition coefficient (Wildman–Crippen LogP) is 4.16. The van der Waals surface area contributed by atoms with Crippen LogP contribution in [0, 0.1) is 0 Å². The number of para-hydroxylation sites is 1. The number of carbonyl (C=O) groups excluding carboxylic acids is 1. The standard InChI is InChI=1S/C18H15NO4/c1-22-15-8-7-12-10-16(20)17(11-13(12)9-15)23-18(21)19-14-5-3-2-4-6-14/h2-11,20H,1H3,(H,19,21). The highest BCUT2D eigenvalue weighted by molar-refractivity contribution is 5.90. The van der Waals surface area contributed by atoms with E-state index in [2.05, 4.69) is 5.32 Å². The Kier molecular flexibility index (Phi) is 4.01. The maximum absolute atomic E-state index is 11.9. The molecule has 116 valence electrons. The molecule has 0 aliphatic rings. The number of carbonyl (C=O) groups is 1. The van der Waals surface area contributed by atoms with E-state index in [0.717, 1.165) is 10.8 Å². The highest BCUT2D eigenvalue weighted by Crippen LogP contribution is 2.33. The van der Waals surface area contributed by atoms with E-state index < -0.39 is 6.09 Å². The second-order valence-electron chi connectivity index (χ2n) is 4.91. The number of anilines is 1. The van der Waals surface area contributed by atoms with Crippen LogP contribution in [0.25, 0.3) is 10.8 Å². The first-order chi connectivity index (χ1) is 11.2. The molecule has 5 heteroatoms. The summed E-state index contributed by atoms with van der Waals surface area (Å²) in [7, 11) is 1.58. The molecule has 0 unspecified atom stereocenters. The molecular formula is C18H15NO4. The van der Waals surface area contributed by atoms with E-state index in [1.54, 1.807) is 55.6 Å². The quantitative estimate of drug-likeness (QED) is 0.762. The third-order valence-corrected chi connectivity index (χ3v) is 3.35. The van der Waals surface area contributed by atoms with Gasteiger partial charge in [0, 0.05) is 5.69 Å². The Morgan fingerprint density at radius 1 is 1.00 bits per heavy atom. The molecule has 2 N–H and O–H groups in total. The third kappa shape index (κ3) is 3.35. The molecule has 0 saturated heterocycles. The lowest BCUT2D eigenvalue weighted by atomic mass is 10.1. The molecule has 0 radical (unpaired) electrons. The van der Waals surface area contributed by atoms with Crippen LogP contribution in [0.1, 0.15) is 0 Å². The molecular weight excluding hydrogens is 294 g/mol. The van der Waals surface area contributed by atoms with Crippen LogP contribution in [0.5, 0.6) is 17.2 Å². The Hall–Kier alpha value is -3.21. The number of nitrogens with one attached hydrogen (secondary N) is 1. The van der Waals surface area contributed by atoms with Gasteiger partial charge in [0.2, 0.25) is 0 Å². The number of fused-ring (bicyclic) bond motifs is 1. The van der Waals surface area contributed by atoms with E-state index in [1.165, 1.54) is 0 Å². The smallest absolute Gasteiger partial charge is 0.417 e. The number of hydrogen-bond donors (Lipinski definition) is 2. The first kappa shape index (κ1) is 14.7. The molecule has 3 rings (SSSR count). The highest BCUT2D eigenvalue weighted by Gasteiger charge is 2.11. The van der Waals surface area contributed by atoms with Crippen LogP contribution >= 0.6 is 0 Å². The summed E-state index contributed by atoms with van der Waals surface area (Å²) in [4.78, 5) is 11.9. The number of phenolic OH excluding ortho intramolecular Hbond substituents is 1. The van der Waals surface area contributed by atoms with Crippen molar-refractivity contribution in [2.24, 2.45) is 0 Å². The van der Waals surface area contributed by atoms with Gasteiger partial charge in [0.15, 0.2) is 11.5 Å². The second kappa shape index (κ2) is 6.27. The lowest BCUT2D eigenvalue weighted by Gasteiger charge is -2.10. The normalized spacial score (nSPS) is 10.3. The van der Waals surface area contributed by atoms with Crippen molar-refractivity contribution in [1.29, 1.82) is 0 Å². The van der Waals surface area contributed by atoms with Crippen molar-refractivity contribution in [3.05, 3.63) is 60.7 Å². The number of phenols is 1. The summed E-state index contributed by atoms with van der Waals surface area (Å²) in [6.07, 6.45) is -0.672. The lowest BCUT2D eigenvalue weighted by molar-refractivity contribution is 0.213. The van der Waals surface area contributed by atoms with E-state index in [0.29, 0.717) is 11.4 Å². The number of benzene rings is 3. The molecule has 5 nitrogen and oxygen atoms in total. The summed E-state index contributed by atoms with van der Waals surface area (Å²) in [6.45, 7) is 0. The van der Waals surface area contributed by atoms with Gasteiger partial charge in [-0.1, -0.05) is 24.3 Å². The number of methoxy groups -OCH3 is 1. The fraction of sp³-hybridized carbons (Fsp3) is 0.0556. The van der Waals surface area contributed by atoms with Gasteiger partial charge in [-0.25, -0.2) is 4.79 Å². The first-order valence-electron chi connectivity index (χ1n) is 7.00. The number of ether oxygens (including phenoxy) is 2. The molecule has 0 aliphatic heterocycles. The molecule has 0 saturated carbocycles. The van der Waals surface area contributed by atoms with Gasteiger partial charge < -0.3 is 14.6 Å². The van der Waals surface area contributed by atoms with Gasteiger partial charge in [-0.2, -0.15) is 0 Å². The van der Waals surface area contributed by atoms with Crippen LogP contribution in [0.2, 0.25) is 0 Å². The Labute approximate surface area is 133 Å². The van der Waals surface area contributed by atoms with Crippen molar-refractivity contribution in [3.8, 4) is 17.2 Å². The Balaban J connectivity index is 1.84. The van der Waals surface area contributed by atoms with Crippen molar-refractivity contribution >= 4 is 22.6 Å². The maximum atomic E-state index is 11.9. The van der Waals surface area contributed by atoms with Gasteiger partial charge in [-0.3, -0.25) is 5.32 Å². The molecule has 0 bridgehead atoms. The van der Waals surface area contributed by atoms with E-state index in [9.17, 15) is 9.90 Å². The summed E-state index contributed by atoms with van der Waals surface area (Å²) in [5, 5.41) is 14.2. The molecule has 0 aromatic heterocycles. The maximum Gasteiger partial charge on any atom is 0.417 e. The Morgan fingerprint density at radius 3 is 2.52 bits per heavy atom. The Morgan fingerprint density at radius 2 is 1.78 bits per heavy atom. The molecule has 3 aromatic carbocycles. The molecule has 0 fully saturated rings.